The van der Waals surface area contributed by atoms with Crippen LogP contribution in [0.5, 0.6) is 0 Å². The summed E-state index contributed by atoms with van der Waals surface area (Å²) in [6.07, 6.45) is 0. The van der Waals surface area contributed by atoms with Gasteiger partial charge in [0.15, 0.2) is 0 Å². The van der Waals surface area contributed by atoms with Gasteiger partial charge in [0, 0.05) is 44.5 Å². The summed E-state index contributed by atoms with van der Waals surface area (Å²) in [5.41, 5.74) is -0.671. The predicted molar refractivity (Wildman–Crippen MR) is 69.2 cm³/mol. The van der Waals surface area contributed by atoms with Crippen LogP contribution in [-0.2, 0) is 4.79 Å². The zero-order valence-corrected chi connectivity index (χ0v) is 11.7. The van der Waals surface area contributed by atoms with Crippen molar-refractivity contribution >= 4 is 17.5 Å². The fourth-order valence-corrected chi connectivity index (χ4v) is 2.18. The van der Waals surface area contributed by atoms with E-state index >= 15 is 0 Å². The average Bonchev–Trinajstić information content (AvgIpc) is 2.26. The molecule has 0 aromatic heterocycles. The number of carbonyl (C=O) groups is 1. The van der Waals surface area contributed by atoms with Crippen LogP contribution in [0, 0.1) is 5.92 Å². The van der Waals surface area contributed by atoms with Crippen LogP contribution >= 0.6 is 11.6 Å². The van der Waals surface area contributed by atoms with Gasteiger partial charge in [0.05, 0.1) is 5.60 Å². The second-order valence-corrected chi connectivity index (χ2v) is 5.78. The highest BCUT2D eigenvalue weighted by molar-refractivity contribution is 6.19. The highest BCUT2D eigenvalue weighted by Crippen LogP contribution is 2.11. The summed E-state index contributed by atoms with van der Waals surface area (Å²) < 4.78 is 0. The molecule has 1 unspecified atom stereocenters. The molecule has 1 amide bonds. The molecule has 0 saturated carbocycles. The number of alkyl halides is 1. The Balaban J connectivity index is 2.38. The van der Waals surface area contributed by atoms with E-state index in [-0.39, 0.29) is 11.8 Å². The Bertz CT molecular complexity index is 258. The Kier molecular flexibility index (Phi) is 5.22. The number of amides is 1. The molecule has 4 nitrogen and oxygen atoms in total. The first kappa shape index (κ1) is 14.7. The van der Waals surface area contributed by atoms with Crippen molar-refractivity contribution < 1.29 is 9.90 Å². The normalized spacial score (nSPS) is 20.4. The van der Waals surface area contributed by atoms with Gasteiger partial charge in [0.2, 0.25) is 5.91 Å². The summed E-state index contributed by atoms with van der Waals surface area (Å²) in [6, 6.07) is 0. The molecule has 1 rings (SSSR count). The third kappa shape index (κ3) is 4.82. The molecule has 1 atom stereocenters. The molecule has 0 aliphatic carbocycles. The van der Waals surface area contributed by atoms with E-state index in [4.69, 9.17) is 11.6 Å². The van der Waals surface area contributed by atoms with Gasteiger partial charge in [-0.1, -0.05) is 6.92 Å². The zero-order chi connectivity index (χ0) is 13.1. The lowest BCUT2D eigenvalue weighted by Gasteiger charge is -2.38. The average molecular weight is 263 g/mol. The number of halogens is 1. The highest BCUT2D eigenvalue weighted by Gasteiger charge is 2.26. The lowest BCUT2D eigenvalue weighted by molar-refractivity contribution is -0.136. The number of β-amino-alcohol motifs (C(OH)–C–C–N with tert-alkyl or cyclic N) is 1. The van der Waals surface area contributed by atoms with Crippen LogP contribution in [0.15, 0.2) is 0 Å². The summed E-state index contributed by atoms with van der Waals surface area (Å²) >= 11 is 5.69. The molecule has 17 heavy (non-hydrogen) atoms. The molecule has 5 heteroatoms. The Hall–Kier alpha value is -0.320. The summed E-state index contributed by atoms with van der Waals surface area (Å²) in [5.74, 6) is 0.420. The number of piperazine rings is 1. The molecule has 0 aromatic rings. The third-order valence-electron chi connectivity index (χ3n) is 2.95. The molecular formula is C12H23ClN2O2. The minimum atomic E-state index is -0.671. The van der Waals surface area contributed by atoms with Gasteiger partial charge in [-0.15, -0.1) is 11.6 Å². The van der Waals surface area contributed by atoms with E-state index in [0.29, 0.717) is 12.4 Å². The lowest BCUT2D eigenvalue weighted by Crippen LogP contribution is -2.53. The molecule has 1 heterocycles. The van der Waals surface area contributed by atoms with E-state index in [1.54, 1.807) is 13.8 Å². The van der Waals surface area contributed by atoms with Gasteiger partial charge in [0.25, 0.3) is 0 Å². The summed E-state index contributed by atoms with van der Waals surface area (Å²) in [6.45, 7) is 9.24. The molecule has 1 fully saturated rings. The van der Waals surface area contributed by atoms with E-state index in [1.165, 1.54) is 0 Å². The fraction of sp³-hybridized carbons (Fsp3) is 0.917. The van der Waals surface area contributed by atoms with Crippen molar-refractivity contribution in [3.63, 3.8) is 0 Å². The van der Waals surface area contributed by atoms with Crippen molar-refractivity contribution in [1.29, 1.82) is 0 Å². The molecule has 1 N–H and O–H groups in total. The first-order valence-electron chi connectivity index (χ1n) is 6.13. The van der Waals surface area contributed by atoms with Crippen LogP contribution in [0.4, 0.5) is 0 Å². The van der Waals surface area contributed by atoms with Crippen molar-refractivity contribution in [2.75, 3.05) is 38.6 Å². The number of rotatable bonds is 4. The Morgan fingerprint density at radius 2 is 1.88 bits per heavy atom. The maximum absolute atomic E-state index is 11.9. The number of hydrogen-bond acceptors (Lipinski definition) is 3. The maximum atomic E-state index is 11.9. The van der Waals surface area contributed by atoms with Gasteiger partial charge in [-0.3, -0.25) is 9.69 Å². The first-order chi connectivity index (χ1) is 7.83. The van der Waals surface area contributed by atoms with Gasteiger partial charge >= 0.3 is 0 Å². The van der Waals surface area contributed by atoms with Gasteiger partial charge in [-0.2, -0.15) is 0 Å². The van der Waals surface area contributed by atoms with Crippen molar-refractivity contribution in [3.05, 3.63) is 0 Å². The number of nitrogens with zero attached hydrogens (tertiary/aromatic N) is 2. The second-order valence-electron chi connectivity index (χ2n) is 5.47. The first-order valence-corrected chi connectivity index (χ1v) is 6.66. The van der Waals surface area contributed by atoms with E-state index in [9.17, 15) is 9.90 Å². The summed E-state index contributed by atoms with van der Waals surface area (Å²) in [7, 11) is 0. The Morgan fingerprint density at radius 3 is 2.29 bits per heavy atom. The van der Waals surface area contributed by atoms with Crippen LogP contribution in [0.2, 0.25) is 0 Å². The van der Waals surface area contributed by atoms with Crippen LogP contribution in [0.25, 0.3) is 0 Å². The van der Waals surface area contributed by atoms with Gasteiger partial charge in [0.1, 0.15) is 0 Å². The van der Waals surface area contributed by atoms with E-state index < -0.39 is 5.60 Å². The quantitative estimate of drug-likeness (QED) is 0.762. The SMILES string of the molecule is CC(CCl)C(=O)N1CCN(CC(C)(C)O)CC1. The second kappa shape index (κ2) is 6.03. The number of hydrogen-bond donors (Lipinski definition) is 1. The van der Waals surface area contributed by atoms with E-state index in [0.717, 1.165) is 26.2 Å². The Morgan fingerprint density at radius 1 is 1.35 bits per heavy atom. The van der Waals surface area contributed by atoms with Crippen LogP contribution in [-0.4, -0.2) is 65.0 Å². The molecule has 100 valence electrons. The predicted octanol–water partition coefficient (Wildman–Crippen LogP) is 0.776. The topological polar surface area (TPSA) is 43.8 Å². The van der Waals surface area contributed by atoms with Gasteiger partial charge in [-0.05, 0) is 13.8 Å². The van der Waals surface area contributed by atoms with Crippen LogP contribution in [0.1, 0.15) is 20.8 Å². The molecule has 0 spiro atoms. The Labute approximate surface area is 109 Å². The van der Waals surface area contributed by atoms with E-state index in [1.807, 2.05) is 11.8 Å². The third-order valence-corrected chi connectivity index (χ3v) is 3.41. The zero-order valence-electron chi connectivity index (χ0n) is 10.9. The maximum Gasteiger partial charge on any atom is 0.226 e. The van der Waals surface area contributed by atoms with Crippen molar-refractivity contribution in [1.82, 2.24) is 9.80 Å². The number of aliphatic hydroxyl groups is 1. The molecule has 1 aliphatic heterocycles. The monoisotopic (exact) mass is 262 g/mol. The largest absolute Gasteiger partial charge is 0.389 e. The molecular weight excluding hydrogens is 240 g/mol. The summed E-state index contributed by atoms with van der Waals surface area (Å²) in [4.78, 5) is 16.0. The van der Waals surface area contributed by atoms with Crippen LogP contribution in [0.3, 0.4) is 0 Å². The molecule has 0 radical (unpaired) electrons. The van der Waals surface area contributed by atoms with Crippen molar-refractivity contribution in [3.8, 4) is 0 Å². The van der Waals surface area contributed by atoms with Crippen molar-refractivity contribution in [2.45, 2.75) is 26.4 Å². The molecule has 1 saturated heterocycles. The molecule has 1 aliphatic rings. The van der Waals surface area contributed by atoms with E-state index in [2.05, 4.69) is 4.90 Å². The smallest absolute Gasteiger partial charge is 0.226 e. The van der Waals surface area contributed by atoms with Crippen LogP contribution < -0.4 is 0 Å². The molecule has 0 aromatic carbocycles. The lowest BCUT2D eigenvalue weighted by atomic mass is 10.1. The fourth-order valence-electron chi connectivity index (χ4n) is 2.05. The summed E-state index contributed by atoms with van der Waals surface area (Å²) in [5, 5.41) is 9.73. The minimum absolute atomic E-state index is 0.0995. The molecule has 0 bridgehead atoms. The van der Waals surface area contributed by atoms with Crippen molar-refractivity contribution in [2.24, 2.45) is 5.92 Å². The minimum Gasteiger partial charge on any atom is -0.389 e. The standard InChI is InChI=1S/C12H23ClN2O2/c1-10(8-13)11(16)15-6-4-14(5-7-15)9-12(2,3)17/h10,17H,4-9H2,1-3H3. The highest BCUT2D eigenvalue weighted by atomic mass is 35.5. The number of carbonyl (C=O) groups excluding carboxylic acids is 1. The van der Waals surface area contributed by atoms with Gasteiger partial charge < -0.3 is 10.0 Å². The van der Waals surface area contributed by atoms with Gasteiger partial charge in [-0.25, -0.2) is 0 Å².